The molecule has 0 amide bonds. The molecule has 1 aromatic heterocycles. The fourth-order valence-electron chi connectivity index (χ4n) is 2.10. The molecule has 2 aromatic carbocycles. The van der Waals surface area contributed by atoms with E-state index < -0.39 is 0 Å². The predicted octanol–water partition coefficient (Wildman–Crippen LogP) is 3.71. The number of halogens is 1. The van der Waals surface area contributed by atoms with Crippen LogP contribution >= 0.6 is 15.9 Å². The highest BCUT2D eigenvalue weighted by Crippen LogP contribution is 2.15. The Balaban J connectivity index is 1.76. The van der Waals surface area contributed by atoms with E-state index in [0.717, 1.165) is 15.8 Å². The summed E-state index contributed by atoms with van der Waals surface area (Å²) in [6.45, 7) is 1.54. The molecule has 0 saturated heterocycles. The number of aromatic nitrogens is 4. The Morgan fingerprint density at radius 3 is 2.75 bits per heavy atom. The smallest absolute Gasteiger partial charge is 0.181 e. The van der Waals surface area contributed by atoms with E-state index in [-0.39, 0.29) is 5.78 Å². The van der Waals surface area contributed by atoms with Gasteiger partial charge >= 0.3 is 0 Å². The Kier molecular flexibility index (Phi) is 4.81. The monoisotopic (exact) mass is 383 g/mol. The minimum Gasteiger partial charge on any atom is -0.362 e. The quantitative estimate of drug-likeness (QED) is 0.679. The fourth-order valence-corrected chi connectivity index (χ4v) is 2.37. The molecule has 0 aliphatic rings. The third-order valence-corrected chi connectivity index (χ3v) is 3.84. The van der Waals surface area contributed by atoms with Crippen LogP contribution in [-0.4, -0.2) is 26.0 Å². The molecule has 3 rings (SSSR count). The van der Waals surface area contributed by atoms with Crippen molar-refractivity contribution in [2.45, 2.75) is 6.92 Å². The van der Waals surface area contributed by atoms with Crippen LogP contribution in [0.5, 0.6) is 0 Å². The zero-order valence-corrected chi connectivity index (χ0v) is 14.4. The molecule has 1 N–H and O–H groups in total. The molecule has 0 fully saturated rings. The summed E-state index contributed by atoms with van der Waals surface area (Å²) in [5, 5.41) is 14.8. The van der Waals surface area contributed by atoms with Crippen molar-refractivity contribution in [2.24, 2.45) is 0 Å². The van der Waals surface area contributed by atoms with E-state index in [2.05, 4.69) is 36.8 Å². The maximum absolute atomic E-state index is 11.4. The number of tetrazole rings is 1. The molecular formula is C17H14BrN5O. The second kappa shape index (κ2) is 7.18. The molecule has 0 aliphatic carbocycles. The minimum absolute atomic E-state index is 0.0295. The Morgan fingerprint density at radius 1 is 1.21 bits per heavy atom. The van der Waals surface area contributed by atoms with Gasteiger partial charge in [0.05, 0.1) is 5.69 Å². The van der Waals surface area contributed by atoms with E-state index in [4.69, 9.17) is 0 Å². The van der Waals surface area contributed by atoms with Crippen molar-refractivity contribution in [2.75, 3.05) is 5.32 Å². The summed E-state index contributed by atoms with van der Waals surface area (Å²) in [6, 6.07) is 15.0. The molecule has 6 nitrogen and oxygen atoms in total. The first-order valence-corrected chi connectivity index (χ1v) is 8.01. The van der Waals surface area contributed by atoms with Crippen LogP contribution in [-0.2, 0) is 0 Å². The number of nitrogens with zero attached hydrogens (tertiary/aromatic N) is 4. The summed E-state index contributed by atoms with van der Waals surface area (Å²) in [4.78, 5) is 11.4. The van der Waals surface area contributed by atoms with Crippen LogP contribution in [0, 0.1) is 0 Å². The van der Waals surface area contributed by atoms with Gasteiger partial charge in [0.25, 0.3) is 0 Å². The molecule has 3 aromatic rings. The number of hydrogen-bond acceptors (Lipinski definition) is 5. The van der Waals surface area contributed by atoms with Crippen LogP contribution < -0.4 is 5.32 Å². The van der Waals surface area contributed by atoms with Crippen molar-refractivity contribution in [3.8, 4) is 5.69 Å². The number of nitrogens with one attached hydrogen (secondary N) is 1. The molecular weight excluding hydrogens is 370 g/mol. The molecule has 0 atom stereocenters. The van der Waals surface area contributed by atoms with Crippen molar-refractivity contribution in [3.05, 3.63) is 70.6 Å². The second-order valence-corrected chi connectivity index (χ2v) is 5.96. The Labute approximate surface area is 147 Å². The van der Waals surface area contributed by atoms with Gasteiger partial charge in [-0.3, -0.25) is 4.79 Å². The SMILES string of the molecule is CC(=O)c1cccc(N/C=C/c2nnnn2-c2ccc(Br)cc2)c1. The number of benzene rings is 2. The van der Waals surface area contributed by atoms with Gasteiger partial charge in [-0.25, -0.2) is 0 Å². The molecule has 120 valence electrons. The Bertz CT molecular complexity index is 886. The summed E-state index contributed by atoms with van der Waals surface area (Å²) < 4.78 is 2.62. The van der Waals surface area contributed by atoms with Crippen LogP contribution in [0.25, 0.3) is 11.8 Å². The van der Waals surface area contributed by atoms with Crippen LogP contribution in [0.2, 0.25) is 0 Å². The van der Waals surface area contributed by atoms with Crippen molar-refractivity contribution in [1.29, 1.82) is 0 Å². The van der Waals surface area contributed by atoms with Gasteiger partial charge in [0.15, 0.2) is 11.6 Å². The van der Waals surface area contributed by atoms with E-state index in [1.165, 1.54) is 0 Å². The van der Waals surface area contributed by atoms with Crippen molar-refractivity contribution in [1.82, 2.24) is 20.2 Å². The molecule has 0 saturated carbocycles. The molecule has 0 spiro atoms. The van der Waals surface area contributed by atoms with Gasteiger partial charge < -0.3 is 5.32 Å². The fraction of sp³-hybridized carbons (Fsp3) is 0.0588. The van der Waals surface area contributed by atoms with Crippen LogP contribution in [0.15, 0.2) is 59.2 Å². The first kappa shape index (κ1) is 16.1. The molecule has 7 heteroatoms. The zero-order valence-electron chi connectivity index (χ0n) is 12.8. The standard InChI is InChI=1S/C17H14BrN5O/c1-12(24)13-3-2-4-15(11-13)19-10-9-17-20-21-22-23(17)16-7-5-14(18)6-8-16/h2-11,19H,1H3/b10-9+. The number of carbonyl (C=O) groups is 1. The number of Topliss-reactive ketones (excluding diaryl/α,β-unsaturated/α-hetero) is 1. The van der Waals surface area contributed by atoms with Gasteiger partial charge in [-0.2, -0.15) is 4.68 Å². The summed E-state index contributed by atoms with van der Waals surface area (Å²) >= 11 is 3.40. The van der Waals surface area contributed by atoms with Crippen molar-refractivity contribution >= 4 is 33.5 Å². The van der Waals surface area contributed by atoms with Crippen LogP contribution in [0.1, 0.15) is 23.1 Å². The van der Waals surface area contributed by atoms with E-state index >= 15 is 0 Å². The Morgan fingerprint density at radius 2 is 2.00 bits per heavy atom. The topological polar surface area (TPSA) is 72.7 Å². The van der Waals surface area contributed by atoms with Gasteiger partial charge in [-0.05, 0) is 53.7 Å². The molecule has 24 heavy (non-hydrogen) atoms. The highest BCUT2D eigenvalue weighted by atomic mass is 79.9. The average Bonchev–Trinajstić information content (AvgIpc) is 3.04. The molecule has 0 radical (unpaired) electrons. The van der Waals surface area contributed by atoms with E-state index in [9.17, 15) is 4.79 Å². The molecule has 0 unspecified atom stereocenters. The number of carbonyl (C=O) groups excluding carboxylic acids is 1. The summed E-state index contributed by atoms with van der Waals surface area (Å²) in [7, 11) is 0. The summed E-state index contributed by atoms with van der Waals surface area (Å²) in [5.41, 5.74) is 2.34. The Hall–Kier alpha value is -2.80. The van der Waals surface area contributed by atoms with Gasteiger partial charge in [-0.1, -0.05) is 28.1 Å². The van der Waals surface area contributed by atoms with Crippen molar-refractivity contribution in [3.63, 3.8) is 0 Å². The zero-order chi connectivity index (χ0) is 16.9. The number of anilines is 1. The normalized spacial score (nSPS) is 10.9. The van der Waals surface area contributed by atoms with Crippen LogP contribution in [0.3, 0.4) is 0 Å². The van der Waals surface area contributed by atoms with Gasteiger partial charge in [-0.15, -0.1) is 5.10 Å². The number of hydrogen-bond donors (Lipinski definition) is 1. The van der Waals surface area contributed by atoms with Gasteiger partial charge in [0.2, 0.25) is 0 Å². The number of ketones is 1. The molecule has 0 aliphatic heterocycles. The lowest BCUT2D eigenvalue weighted by Crippen LogP contribution is -2.00. The molecule has 1 heterocycles. The van der Waals surface area contributed by atoms with Gasteiger partial charge in [0.1, 0.15) is 0 Å². The second-order valence-electron chi connectivity index (χ2n) is 5.04. The summed E-state index contributed by atoms with van der Waals surface area (Å²) in [5.74, 6) is 0.620. The first-order chi connectivity index (χ1) is 11.6. The van der Waals surface area contributed by atoms with E-state index in [1.54, 1.807) is 36.0 Å². The average molecular weight is 384 g/mol. The highest BCUT2D eigenvalue weighted by Gasteiger charge is 2.05. The first-order valence-electron chi connectivity index (χ1n) is 7.22. The predicted molar refractivity (Wildman–Crippen MR) is 96.0 cm³/mol. The maximum atomic E-state index is 11.4. The lowest BCUT2D eigenvalue weighted by atomic mass is 10.1. The van der Waals surface area contributed by atoms with E-state index in [0.29, 0.717) is 11.4 Å². The largest absolute Gasteiger partial charge is 0.362 e. The third-order valence-electron chi connectivity index (χ3n) is 3.32. The third kappa shape index (κ3) is 3.75. The van der Waals surface area contributed by atoms with E-state index in [1.807, 2.05) is 36.4 Å². The van der Waals surface area contributed by atoms with Gasteiger partial charge in [0, 0.05) is 28.0 Å². The lowest BCUT2D eigenvalue weighted by Gasteiger charge is -2.03. The molecule has 0 bridgehead atoms. The minimum atomic E-state index is 0.0295. The highest BCUT2D eigenvalue weighted by molar-refractivity contribution is 9.10. The summed E-state index contributed by atoms with van der Waals surface area (Å²) in [6.07, 6.45) is 3.50. The number of rotatable bonds is 5. The van der Waals surface area contributed by atoms with Crippen LogP contribution in [0.4, 0.5) is 5.69 Å². The van der Waals surface area contributed by atoms with Crippen molar-refractivity contribution < 1.29 is 4.79 Å². The maximum Gasteiger partial charge on any atom is 0.181 e. The lowest BCUT2D eigenvalue weighted by molar-refractivity contribution is 0.101.